The third-order valence-corrected chi connectivity index (χ3v) is 4.89. The van der Waals surface area contributed by atoms with Gasteiger partial charge in [-0.25, -0.2) is 13.4 Å². The Balaban J connectivity index is 2.08. The predicted octanol–water partition coefficient (Wildman–Crippen LogP) is 1.29. The number of sulfone groups is 1. The Morgan fingerprint density at radius 3 is 2.63 bits per heavy atom. The summed E-state index contributed by atoms with van der Waals surface area (Å²) >= 11 is 0. The summed E-state index contributed by atoms with van der Waals surface area (Å²) in [4.78, 5) is 14.5. The molecule has 0 saturated carbocycles. The number of nitrogens with zero attached hydrogens (tertiary/aromatic N) is 2. The Hall–Kier alpha value is -1.70. The molecular weight excluding hydrogens is 270 g/mol. The molecule has 0 aromatic carbocycles. The van der Waals surface area contributed by atoms with E-state index in [4.69, 9.17) is 0 Å². The molecule has 104 valence electrons. The number of aryl methyl sites for hydroxylation is 1. The van der Waals surface area contributed by atoms with Gasteiger partial charge in [-0.2, -0.15) is 0 Å². The standard InChI is InChI=1S/C11H15N3O4S/c1-8-7-12-11(6-10(8)14(15)16)13-9-2-4-19(17,18)5-3-9/h6-7,9H,2-5H2,1H3,(H,12,13). The predicted molar refractivity (Wildman–Crippen MR) is 70.9 cm³/mol. The summed E-state index contributed by atoms with van der Waals surface area (Å²) in [6, 6.07) is 1.39. The first-order valence-electron chi connectivity index (χ1n) is 5.95. The fourth-order valence-electron chi connectivity index (χ4n) is 2.03. The number of aromatic nitrogens is 1. The third kappa shape index (κ3) is 3.40. The summed E-state index contributed by atoms with van der Waals surface area (Å²) in [5, 5.41) is 13.9. The lowest BCUT2D eigenvalue weighted by atomic mass is 10.1. The van der Waals surface area contributed by atoms with Crippen LogP contribution in [-0.4, -0.2) is 35.9 Å². The average Bonchev–Trinajstić information content (AvgIpc) is 2.34. The van der Waals surface area contributed by atoms with Crippen LogP contribution >= 0.6 is 0 Å². The fourth-order valence-corrected chi connectivity index (χ4v) is 3.52. The second-order valence-corrected chi connectivity index (χ2v) is 6.99. The number of rotatable bonds is 3. The minimum Gasteiger partial charge on any atom is -0.367 e. The zero-order valence-corrected chi connectivity index (χ0v) is 11.3. The molecule has 7 nitrogen and oxygen atoms in total. The van der Waals surface area contributed by atoms with E-state index in [2.05, 4.69) is 10.3 Å². The molecule has 0 unspecified atom stereocenters. The van der Waals surface area contributed by atoms with Crippen LogP contribution < -0.4 is 5.32 Å². The van der Waals surface area contributed by atoms with Gasteiger partial charge in [0, 0.05) is 17.8 Å². The van der Waals surface area contributed by atoms with Gasteiger partial charge in [0.05, 0.1) is 22.5 Å². The van der Waals surface area contributed by atoms with Crippen molar-refractivity contribution in [3.05, 3.63) is 27.9 Å². The lowest BCUT2D eigenvalue weighted by Crippen LogP contribution is -2.32. The average molecular weight is 285 g/mol. The van der Waals surface area contributed by atoms with E-state index in [1.54, 1.807) is 6.92 Å². The summed E-state index contributed by atoms with van der Waals surface area (Å²) in [5.74, 6) is 0.721. The zero-order chi connectivity index (χ0) is 14.0. The highest BCUT2D eigenvalue weighted by atomic mass is 32.2. The minimum absolute atomic E-state index is 0.00154. The first kappa shape index (κ1) is 13.7. The zero-order valence-electron chi connectivity index (χ0n) is 10.5. The number of nitro groups is 1. The molecule has 0 radical (unpaired) electrons. The van der Waals surface area contributed by atoms with Crippen LogP contribution in [0.2, 0.25) is 0 Å². The lowest BCUT2D eigenvalue weighted by Gasteiger charge is -2.23. The highest BCUT2D eigenvalue weighted by Gasteiger charge is 2.24. The van der Waals surface area contributed by atoms with Gasteiger partial charge in [-0.15, -0.1) is 0 Å². The highest BCUT2D eigenvalue weighted by Crippen LogP contribution is 2.22. The summed E-state index contributed by atoms with van der Waals surface area (Å²) in [7, 11) is -2.90. The molecule has 8 heteroatoms. The van der Waals surface area contributed by atoms with E-state index in [9.17, 15) is 18.5 Å². The molecular formula is C11H15N3O4S. The lowest BCUT2D eigenvalue weighted by molar-refractivity contribution is -0.385. The van der Waals surface area contributed by atoms with Crippen LogP contribution in [0.15, 0.2) is 12.3 Å². The van der Waals surface area contributed by atoms with Gasteiger partial charge in [0.2, 0.25) is 0 Å². The number of anilines is 1. The van der Waals surface area contributed by atoms with Crippen LogP contribution in [0, 0.1) is 17.0 Å². The Kier molecular flexibility index (Phi) is 3.70. The Bertz CT molecular complexity index is 586. The van der Waals surface area contributed by atoms with E-state index in [-0.39, 0.29) is 23.2 Å². The van der Waals surface area contributed by atoms with Crippen molar-refractivity contribution in [3.8, 4) is 0 Å². The molecule has 1 N–H and O–H groups in total. The molecule has 2 rings (SSSR count). The molecule has 0 atom stereocenters. The van der Waals surface area contributed by atoms with Gasteiger partial charge in [0.25, 0.3) is 5.69 Å². The number of pyridine rings is 1. The fraction of sp³-hybridized carbons (Fsp3) is 0.545. The number of nitrogens with one attached hydrogen (secondary N) is 1. The van der Waals surface area contributed by atoms with Gasteiger partial charge in [-0.05, 0) is 19.8 Å². The molecule has 1 aliphatic heterocycles. The Morgan fingerprint density at radius 2 is 2.05 bits per heavy atom. The van der Waals surface area contributed by atoms with Crippen molar-refractivity contribution in [2.75, 3.05) is 16.8 Å². The van der Waals surface area contributed by atoms with E-state index in [0.717, 1.165) is 0 Å². The van der Waals surface area contributed by atoms with Crippen molar-refractivity contribution in [1.29, 1.82) is 0 Å². The van der Waals surface area contributed by atoms with E-state index >= 15 is 0 Å². The quantitative estimate of drug-likeness (QED) is 0.663. The molecule has 1 fully saturated rings. The first-order valence-corrected chi connectivity index (χ1v) is 7.77. The van der Waals surface area contributed by atoms with Crippen LogP contribution in [0.5, 0.6) is 0 Å². The van der Waals surface area contributed by atoms with E-state index in [1.807, 2.05) is 0 Å². The van der Waals surface area contributed by atoms with Crippen molar-refractivity contribution in [3.63, 3.8) is 0 Å². The molecule has 0 aliphatic carbocycles. The monoisotopic (exact) mass is 285 g/mol. The van der Waals surface area contributed by atoms with Gasteiger partial charge in [-0.3, -0.25) is 10.1 Å². The summed E-state index contributed by atoms with van der Waals surface area (Å²) in [6.45, 7) is 1.63. The highest BCUT2D eigenvalue weighted by molar-refractivity contribution is 7.91. The van der Waals surface area contributed by atoms with Crippen LogP contribution in [-0.2, 0) is 9.84 Å². The van der Waals surface area contributed by atoms with Gasteiger partial charge < -0.3 is 5.32 Å². The number of hydrogen-bond acceptors (Lipinski definition) is 6. The normalized spacial score (nSPS) is 19.0. The molecule has 0 amide bonds. The van der Waals surface area contributed by atoms with E-state index < -0.39 is 14.8 Å². The van der Waals surface area contributed by atoms with Crippen molar-refractivity contribution >= 4 is 21.3 Å². The molecule has 1 aliphatic rings. The summed E-state index contributed by atoms with van der Waals surface area (Å²) < 4.78 is 22.6. The van der Waals surface area contributed by atoms with Crippen LogP contribution in [0.1, 0.15) is 18.4 Å². The van der Waals surface area contributed by atoms with Gasteiger partial charge in [0.15, 0.2) is 0 Å². The topological polar surface area (TPSA) is 102 Å². The van der Waals surface area contributed by atoms with Crippen molar-refractivity contribution in [2.45, 2.75) is 25.8 Å². The van der Waals surface area contributed by atoms with Crippen LogP contribution in [0.3, 0.4) is 0 Å². The molecule has 1 aromatic rings. The smallest absolute Gasteiger partial charge is 0.277 e. The molecule has 19 heavy (non-hydrogen) atoms. The van der Waals surface area contributed by atoms with E-state index in [0.29, 0.717) is 24.2 Å². The molecule has 0 spiro atoms. The van der Waals surface area contributed by atoms with Gasteiger partial charge in [-0.1, -0.05) is 0 Å². The third-order valence-electron chi connectivity index (χ3n) is 3.18. The van der Waals surface area contributed by atoms with Crippen LogP contribution in [0.4, 0.5) is 11.5 Å². The second kappa shape index (κ2) is 5.12. The summed E-state index contributed by atoms with van der Waals surface area (Å²) in [5.41, 5.74) is 0.516. The largest absolute Gasteiger partial charge is 0.367 e. The molecule has 0 bridgehead atoms. The van der Waals surface area contributed by atoms with Crippen LogP contribution in [0.25, 0.3) is 0 Å². The Labute approximate surface area is 111 Å². The van der Waals surface area contributed by atoms with E-state index in [1.165, 1.54) is 12.3 Å². The first-order chi connectivity index (χ1) is 8.87. The minimum atomic E-state index is -2.90. The maximum Gasteiger partial charge on any atom is 0.277 e. The Morgan fingerprint density at radius 1 is 1.42 bits per heavy atom. The number of hydrogen-bond donors (Lipinski definition) is 1. The molecule has 1 aromatic heterocycles. The molecule has 1 saturated heterocycles. The van der Waals surface area contributed by atoms with Crippen molar-refractivity contribution in [1.82, 2.24) is 4.98 Å². The maximum absolute atomic E-state index is 11.3. The van der Waals surface area contributed by atoms with Crippen molar-refractivity contribution < 1.29 is 13.3 Å². The van der Waals surface area contributed by atoms with Crippen molar-refractivity contribution in [2.24, 2.45) is 0 Å². The second-order valence-electron chi connectivity index (χ2n) is 4.68. The van der Waals surface area contributed by atoms with Gasteiger partial charge in [0.1, 0.15) is 15.7 Å². The SMILES string of the molecule is Cc1cnc(NC2CCS(=O)(=O)CC2)cc1[N+](=O)[O-]. The van der Waals surface area contributed by atoms with Gasteiger partial charge >= 0.3 is 0 Å². The molecule has 2 heterocycles. The maximum atomic E-state index is 11.3. The summed E-state index contributed by atoms with van der Waals surface area (Å²) in [6.07, 6.45) is 2.46.